The first kappa shape index (κ1) is 22.1. The van der Waals surface area contributed by atoms with Gasteiger partial charge in [0.1, 0.15) is 5.75 Å². The number of anilines is 1. The number of benzene rings is 3. The van der Waals surface area contributed by atoms with Crippen molar-refractivity contribution in [2.24, 2.45) is 5.10 Å². The molecule has 3 rings (SSSR count). The summed E-state index contributed by atoms with van der Waals surface area (Å²) in [4.78, 5) is 24.9. The Morgan fingerprint density at radius 2 is 1.65 bits per heavy atom. The summed E-state index contributed by atoms with van der Waals surface area (Å²) in [6.45, 7) is 3.67. The average Bonchev–Trinajstić information content (AvgIpc) is 2.78. The number of hydrazone groups is 1. The number of methoxy groups -OCH3 is 1. The third kappa shape index (κ3) is 5.49. The maximum Gasteiger partial charge on any atom is 0.275 e. The summed E-state index contributed by atoms with van der Waals surface area (Å²) in [5, 5.41) is 7.46. The number of hydrogen-bond acceptors (Lipinski definition) is 4. The maximum absolute atomic E-state index is 12.4. The Hall–Kier alpha value is -3.64. The Balaban J connectivity index is 1.67. The van der Waals surface area contributed by atoms with Gasteiger partial charge in [0.2, 0.25) is 0 Å². The molecule has 3 aromatic rings. The summed E-state index contributed by atoms with van der Waals surface area (Å²) < 4.78 is 5.19. The average molecular weight is 436 g/mol. The van der Waals surface area contributed by atoms with Crippen molar-refractivity contribution in [2.45, 2.75) is 13.8 Å². The van der Waals surface area contributed by atoms with E-state index in [4.69, 9.17) is 16.3 Å². The number of halogens is 1. The van der Waals surface area contributed by atoms with Crippen molar-refractivity contribution in [1.82, 2.24) is 5.43 Å². The second-order valence-electron chi connectivity index (χ2n) is 6.83. The molecule has 6 nitrogen and oxygen atoms in total. The molecule has 0 fully saturated rings. The van der Waals surface area contributed by atoms with Gasteiger partial charge in [-0.15, -0.1) is 0 Å². The van der Waals surface area contributed by atoms with Crippen molar-refractivity contribution in [3.63, 3.8) is 0 Å². The molecule has 0 saturated heterocycles. The van der Waals surface area contributed by atoms with Gasteiger partial charge in [-0.2, -0.15) is 5.10 Å². The summed E-state index contributed by atoms with van der Waals surface area (Å²) in [7, 11) is 1.48. The number of aryl methyl sites for hydroxylation is 1. The van der Waals surface area contributed by atoms with Crippen LogP contribution in [0.4, 0.5) is 5.69 Å². The zero-order valence-electron chi connectivity index (χ0n) is 17.4. The van der Waals surface area contributed by atoms with Crippen LogP contribution in [0.1, 0.15) is 38.8 Å². The van der Waals surface area contributed by atoms with Gasteiger partial charge >= 0.3 is 0 Å². The normalized spacial score (nSPS) is 11.0. The van der Waals surface area contributed by atoms with Gasteiger partial charge in [-0.25, -0.2) is 5.43 Å². The van der Waals surface area contributed by atoms with Gasteiger partial charge in [0.25, 0.3) is 11.8 Å². The molecule has 0 bridgehead atoms. The molecule has 158 valence electrons. The van der Waals surface area contributed by atoms with Gasteiger partial charge in [-0.05, 0) is 61.4 Å². The van der Waals surface area contributed by atoms with Gasteiger partial charge in [-0.3, -0.25) is 9.59 Å². The number of hydrogen-bond donors (Lipinski definition) is 2. The van der Waals surface area contributed by atoms with Gasteiger partial charge < -0.3 is 10.1 Å². The van der Waals surface area contributed by atoms with E-state index in [-0.39, 0.29) is 5.91 Å². The minimum absolute atomic E-state index is 0.168. The molecule has 3 aromatic carbocycles. The largest absolute Gasteiger partial charge is 0.496 e. The van der Waals surface area contributed by atoms with Crippen LogP contribution in [0, 0.1) is 6.92 Å². The standard InChI is InChI=1S/C24H22ClN3O3/c1-15-6-4-5-7-20(15)23(29)26-19-11-8-17(9-12-19)16(2)27-28-24(30)21-14-18(25)10-13-22(21)31-3/h4-14H,1-3H3,(H,26,29)(H,28,30)/b27-16+. The zero-order valence-corrected chi connectivity index (χ0v) is 18.2. The lowest BCUT2D eigenvalue weighted by molar-refractivity contribution is 0.0951. The highest BCUT2D eigenvalue weighted by Gasteiger charge is 2.13. The predicted molar refractivity (Wildman–Crippen MR) is 123 cm³/mol. The lowest BCUT2D eigenvalue weighted by atomic mass is 10.1. The fraction of sp³-hybridized carbons (Fsp3) is 0.125. The molecule has 0 aliphatic heterocycles. The maximum atomic E-state index is 12.4. The predicted octanol–water partition coefficient (Wildman–Crippen LogP) is 5.06. The molecule has 0 unspecified atom stereocenters. The Morgan fingerprint density at radius 3 is 2.32 bits per heavy atom. The van der Waals surface area contributed by atoms with Gasteiger partial charge in [0.05, 0.1) is 18.4 Å². The van der Waals surface area contributed by atoms with E-state index in [1.807, 2.05) is 37.3 Å². The SMILES string of the molecule is COc1ccc(Cl)cc1C(=O)N/N=C(\C)c1ccc(NC(=O)c2ccccc2C)cc1. The first-order valence-electron chi connectivity index (χ1n) is 9.54. The van der Waals surface area contributed by atoms with Crippen LogP contribution in [0.25, 0.3) is 0 Å². The summed E-state index contributed by atoms with van der Waals surface area (Å²) in [5.74, 6) is -0.191. The molecule has 0 saturated carbocycles. The van der Waals surface area contributed by atoms with Crippen LogP contribution < -0.4 is 15.5 Å². The first-order valence-corrected chi connectivity index (χ1v) is 9.92. The molecule has 0 heterocycles. The summed E-state index contributed by atoms with van der Waals surface area (Å²) in [6.07, 6.45) is 0. The molecule has 0 aromatic heterocycles. The molecule has 7 heteroatoms. The van der Waals surface area contributed by atoms with Gasteiger partial charge in [0.15, 0.2) is 0 Å². The van der Waals surface area contributed by atoms with E-state index in [1.54, 1.807) is 37.3 Å². The summed E-state index contributed by atoms with van der Waals surface area (Å²) >= 11 is 5.97. The quantitative estimate of drug-likeness (QED) is 0.419. The molecule has 0 spiro atoms. The van der Waals surface area contributed by atoms with Crippen molar-refractivity contribution in [3.05, 3.63) is 94.0 Å². The van der Waals surface area contributed by atoms with Crippen molar-refractivity contribution >= 4 is 34.8 Å². The lowest BCUT2D eigenvalue weighted by Gasteiger charge is -2.09. The molecule has 0 aliphatic carbocycles. The monoisotopic (exact) mass is 435 g/mol. The van der Waals surface area contributed by atoms with Crippen LogP contribution in [0.5, 0.6) is 5.75 Å². The zero-order chi connectivity index (χ0) is 22.4. The topological polar surface area (TPSA) is 79.8 Å². The molecule has 2 amide bonds. The number of nitrogens with one attached hydrogen (secondary N) is 2. The lowest BCUT2D eigenvalue weighted by Crippen LogP contribution is -2.20. The first-order chi connectivity index (χ1) is 14.9. The van der Waals surface area contributed by atoms with Crippen LogP contribution in [-0.4, -0.2) is 24.6 Å². The number of carbonyl (C=O) groups excluding carboxylic acids is 2. The van der Waals surface area contributed by atoms with Crippen LogP contribution in [-0.2, 0) is 0 Å². The van der Waals surface area contributed by atoms with Crippen LogP contribution in [0.3, 0.4) is 0 Å². The van der Waals surface area contributed by atoms with Crippen molar-refractivity contribution in [3.8, 4) is 5.75 Å². The Bertz CT molecular complexity index is 1140. The number of nitrogens with zero attached hydrogens (tertiary/aromatic N) is 1. The van der Waals surface area contributed by atoms with Crippen LogP contribution in [0.2, 0.25) is 5.02 Å². The fourth-order valence-corrected chi connectivity index (χ4v) is 3.11. The number of amides is 2. The van der Waals surface area contributed by atoms with Crippen LogP contribution >= 0.6 is 11.6 Å². The van der Waals surface area contributed by atoms with E-state index < -0.39 is 5.91 Å². The summed E-state index contributed by atoms with van der Waals surface area (Å²) in [6, 6.07) is 19.4. The van der Waals surface area contributed by atoms with E-state index in [2.05, 4.69) is 15.8 Å². The Kier molecular flexibility index (Phi) is 7.05. The smallest absolute Gasteiger partial charge is 0.275 e. The molecule has 0 radical (unpaired) electrons. The van der Waals surface area contributed by atoms with E-state index in [0.29, 0.717) is 33.3 Å². The van der Waals surface area contributed by atoms with Crippen molar-refractivity contribution in [1.29, 1.82) is 0 Å². The fourth-order valence-electron chi connectivity index (χ4n) is 2.94. The second kappa shape index (κ2) is 9.91. The van der Waals surface area contributed by atoms with Crippen LogP contribution in [0.15, 0.2) is 71.8 Å². The van der Waals surface area contributed by atoms with E-state index in [1.165, 1.54) is 13.2 Å². The highest BCUT2D eigenvalue weighted by atomic mass is 35.5. The molecule has 31 heavy (non-hydrogen) atoms. The third-order valence-electron chi connectivity index (χ3n) is 4.68. The van der Waals surface area contributed by atoms with Crippen molar-refractivity contribution < 1.29 is 14.3 Å². The van der Waals surface area contributed by atoms with E-state index >= 15 is 0 Å². The van der Waals surface area contributed by atoms with Crippen molar-refractivity contribution in [2.75, 3.05) is 12.4 Å². The number of rotatable bonds is 6. The van der Waals surface area contributed by atoms with E-state index in [0.717, 1.165) is 11.1 Å². The molecule has 0 atom stereocenters. The van der Waals surface area contributed by atoms with Gasteiger partial charge in [-0.1, -0.05) is 41.9 Å². The molecular formula is C24H22ClN3O3. The second-order valence-corrected chi connectivity index (χ2v) is 7.27. The highest BCUT2D eigenvalue weighted by Crippen LogP contribution is 2.22. The summed E-state index contributed by atoms with van der Waals surface area (Å²) in [5.41, 5.74) is 6.41. The van der Waals surface area contributed by atoms with Gasteiger partial charge in [0, 0.05) is 16.3 Å². The minimum atomic E-state index is -0.430. The number of carbonyl (C=O) groups is 2. The third-order valence-corrected chi connectivity index (χ3v) is 4.92. The minimum Gasteiger partial charge on any atom is -0.496 e. The molecule has 2 N–H and O–H groups in total. The molecular weight excluding hydrogens is 414 g/mol. The Morgan fingerprint density at radius 1 is 0.935 bits per heavy atom. The van der Waals surface area contributed by atoms with E-state index in [9.17, 15) is 9.59 Å². The Labute approximate surface area is 185 Å². The molecule has 0 aliphatic rings. The number of ether oxygens (including phenoxy) is 1. The highest BCUT2D eigenvalue weighted by molar-refractivity contribution is 6.31.